The van der Waals surface area contributed by atoms with Crippen LogP contribution < -0.4 is 5.32 Å². The Hall–Kier alpha value is -2.26. The number of rotatable bonds is 5. The predicted octanol–water partition coefficient (Wildman–Crippen LogP) is 5.63. The summed E-state index contributed by atoms with van der Waals surface area (Å²) in [7, 11) is 0. The minimum Gasteiger partial charge on any atom is -0.376 e. The Morgan fingerprint density at radius 2 is 1.92 bits per heavy atom. The second-order valence-electron chi connectivity index (χ2n) is 10.4. The molecule has 4 heterocycles. The lowest BCUT2D eigenvalue weighted by atomic mass is 9.85. The zero-order valence-corrected chi connectivity index (χ0v) is 21.5. The minimum absolute atomic E-state index is 0.175. The topological polar surface area (TPSA) is 72.3 Å². The third-order valence-electron chi connectivity index (χ3n) is 7.94. The van der Waals surface area contributed by atoms with Crippen molar-refractivity contribution in [2.45, 2.75) is 56.3 Å². The first kappa shape index (κ1) is 24.1. The fraction of sp³-hybridized carbons (Fsp3) is 0.500. The number of amides is 1. The van der Waals surface area contributed by atoms with E-state index < -0.39 is 11.7 Å². The molecule has 1 aromatic carbocycles. The van der Waals surface area contributed by atoms with Gasteiger partial charge >= 0.3 is 0 Å². The maximum atomic E-state index is 14.5. The number of carbonyl (C=O) groups is 1. The number of piperidine rings is 1. The molecule has 36 heavy (non-hydrogen) atoms. The Balaban J connectivity index is 1.19. The van der Waals surface area contributed by atoms with E-state index in [4.69, 9.17) is 27.9 Å². The molecule has 2 aliphatic heterocycles. The number of benzene rings is 1. The number of halogens is 3. The van der Waals surface area contributed by atoms with Gasteiger partial charge in [0.05, 0.1) is 36.6 Å². The Morgan fingerprint density at radius 3 is 2.61 bits per heavy atom. The molecule has 2 atom stereocenters. The van der Waals surface area contributed by atoms with E-state index in [0.717, 1.165) is 55.1 Å². The number of nitrogens with zero attached hydrogens (tertiary/aromatic N) is 4. The summed E-state index contributed by atoms with van der Waals surface area (Å²) in [6.07, 6.45) is 6.10. The number of fused-ring (bicyclic) bond motifs is 1. The summed E-state index contributed by atoms with van der Waals surface area (Å²) >= 11 is 13.1. The lowest BCUT2D eigenvalue weighted by Crippen LogP contribution is -2.55. The molecule has 10 heteroatoms. The highest BCUT2D eigenvalue weighted by Crippen LogP contribution is 2.40. The number of carbonyl (C=O) groups excluding carboxylic acids is 1. The van der Waals surface area contributed by atoms with Gasteiger partial charge in [0, 0.05) is 16.6 Å². The number of aromatic nitrogens is 3. The van der Waals surface area contributed by atoms with Crippen LogP contribution in [0, 0.1) is 0 Å². The van der Waals surface area contributed by atoms with Crippen molar-refractivity contribution >= 4 is 45.7 Å². The van der Waals surface area contributed by atoms with Crippen molar-refractivity contribution in [1.29, 1.82) is 0 Å². The van der Waals surface area contributed by atoms with Crippen molar-refractivity contribution < 1.29 is 13.9 Å². The standard InChI is InChI=1S/C26H28Cl2FN5O2/c1-26(14-36-13-22(26)29)33-6-4-15(5-7-33)19-8-16-10-23(30-11-17(16)9-21(19)27)32-25(35)20-12-31-34(24(20)28)18-2-3-18/h8-12,15,18,22H,2-7,13-14H2,1H3,(H,30,32,35). The lowest BCUT2D eigenvalue weighted by molar-refractivity contribution is 0.0298. The summed E-state index contributed by atoms with van der Waals surface area (Å²) in [6, 6.07) is 6.16. The molecule has 1 amide bonds. The lowest BCUT2D eigenvalue weighted by Gasteiger charge is -2.43. The van der Waals surface area contributed by atoms with Crippen LogP contribution in [-0.4, -0.2) is 63.6 Å². The monoisotopic (exact) mass is 531 g/mol. The van der Waals surface area contributed by atoms with Crippen LogP contribution in [0.25, 0.3) is 10.8 Å². The molecule has 1 N–H and O–H groups in total. The van der Waals surface area contributed by atoms with Crippen molar-refractivity contribution in [3.05, 3.63) is 51.9 Å². The molecular formula is C26H28Cl2FN5O2. The average Bonchev–Trinajstić information content (AvgIpc) is 3.55. The van der Waals surface area contributed by atoms with E-state index in [-0.39, 0.29) is 18.4 Å². The molecule has 0 radical (unpaired) electrons. The van der Waals surface area contributed by atoms with Crippen LogP contribution >= 0.6 is 23.2 Å². The quantitative estimate of drug-likeness (QED) is 0.461. The van der Waals surface area contributed by atoms with Gasteiger partial charge in [-0.05, 0) is 80.8 Å². The Labute approximate surface area is 218 Å². The number of anilines is 1. The van der Waals surface area contributed by atoms with Crippen LogP contribution in [0.2, 0.25) is 10.2 Å². The molecule has 2 aromatic heterocycles. The fourth-order valence-electron chi connectivity index (χ4n) is 5.45. The first-order valence-corrected chi connectivity index (χ1v) is 13.2. The van der Waals surface area contributed by atoms with Crippen molar-refractivity contribution in [3.63, 3.8) is 0 Å². The Morgan fingerprint density at radius 1 is 1.14 bits per heavy atom. The molecular weight excluding hydrogens is 504 g/mol. The van der Waals surface area contributed by atoms with Gasteiger partial charge in [0.1, 0.15) is 17.1 Å². The second kappa shape index (κ2) is 9.24. The zero-order chi connectivity index (χ0) is 25.0. The van der Waals surface area contributed by atoms with E-state index in [1.54, 1.807) is 10.9 Å². The molecule has 3 aromatic rings. The molecule has 7 nitrogen and oxygen atoms in total. The number of hydrogen-bond acceptors (Lipinski definition) is 5. The number of pyridine rings is 1. The summed E-state index contributed by atoms with van der Waals surface area (Å²) < 4.78 is 21.6. The average molecular weight is 532 g/mol. The summed E-state index contributed by atoms with van der Waals surface area (Å²) in [5.41, 5.74) is 0.867. The number of hydrogen-bond donors (Lipinski definition) is 1. The summed E-state index contributed by atoms with van der Waals surface area (Å²) in [6.45, 7) is 4.16. The largest absolute Gasteiger partial charge is 0.376 e. The van der Waals surface area contributed by atoms with E-state index in [9.17, 15) is 9.18 Å². The summed E-state index contributed by atoms with van der Waals surface area (Å²) in [5.74, 6) is 0.380. The minimum atomic E-state index is -0.961. The Bertz CT molecular complexity index is 1320. The van der Waals surface area contributed by atoms with Gasteiger partial charge in [0.25, 0.3) is 5.91 Å². The maximum Gasteiger partial charge on any atom is 0.261 e. The van der Waals surface area contributed by atoms with Crippen molar-refractivity contribution in [2.75, 3.05) is 31.6 Å². The highest BCUT2D eigenvalue weighted by atomic mass is 35.5. The normalized spacial score (nSPS) is 25.5. The number of nitrogens with one attached hydrogen (secondary N) is 1. The fourth-order valence-corrected chi connectivity index (χ4v) is 6.09. The second-order valence-corrected chi connectivity index (χ2v) is 11.1. The van der Waals surface area contributed by atoms with E-state index >= 15 is 0 Å². The highest BCUT2D eigenvalue weighted by molar-refractivity contribution is 6.33. The zero-order valence-electron chi connectivity index (χ0n) is 20.0. The van der Waals surface area contributed by atoms with E-state index in [2.05, 4.69) is 26.4 Å². The van der Waals surface area contributed by atoms with E-state index in [1.807, 2.05) is 19.1 Å². The molecule has 1 aliphatic carbocycles. The molecule has 2 saturated heterocycles. The van der Waals surface area contributed by atoms with Crippen LogP contribution in [0.3, 0.4) is 0 Å². The van der Waals surface area contributed by atoms with Gasteiger partial charge in [-0.1, -0.05) is 23.2 Å². The van der Waals surface area contributed by atoms with Crippen LogP contribution in [0.1, 0.15) is 60.5 Å². The number of alkyl halides is 1. The summed E-state index contributed by atoms with van der Waals surface area (Å²) in [4.78, 5) is 19.5. The van der Waals surface area contributed by atoms with Crippen molar-refractivity contribution in [1.82, 2.24) is 19.7 Å². The smallest absolute Gasteiger partial charge is 0.261 e. The van der Waals surface area contributed by atoms with Crippen molar-refractivity contribution in [2.24, 2.45) is 0 Å². The summed E-state index contributed by atoms with van der Waals surface area (Å²) in [5, 5.41) is 10.0. The van der Waals surface area contributed by atoms with Gasteiger partial charge < -0.3 is 10.1 Å². The van der Waals surface area contributed by atoms with E-state index in [0.29, 0.717) is 34.2 Å². The van der Waals surface area contributed by atoms with Crippen LogP contribution in [-0.2, 0) is 4.74 Å². The van der Waals surface area contributed by atoms with Gasteiger partial charge in [-0.25, -0.2) is 9.37 Å². The molecule has 0 bridgehead atoms. The number of likely N-dealkylation sites (tertiary alicyclic amines) is 1. The molecule has 6 rings (SSSR count). The molecule has 190 valence electrons. The van der Waals surface area contributed by atoms with Crippen LogP contribution in [0.15, 0.2) is 30.6 Å². The SMILES string of the molecule is CC1(N2CCC(c3cc4cc(NC(=O)c5cnn(C6CC6)c5Cl)ncc4cc3Cl)CC2)COCC1F. The molecule has 0 spiro atoms. The van der Waals surface area contributed by atoms with Crippen molar-refractivity contribution in [3.8, 4) is 0 Å². The van der Waals surface area contributed by atoms with Gasteiger partial charge in [-0.3, -0.25) is 14.4 Å². The van der Waals surface area contributed by atoms with Crippen LogP contribution in [0.5, 0.6) is 0 Å². The van der Waals surface area contributed by atoms with Gasteiger partial charge in [-0.2, -0.15) is 5.10 Å². The van der Waals surface area contributed by atoms with E-state index in [1.165, 1.54) is 6.20 Å². The first-order chi connectivity index (χ1) is 17.3. The predicted molar refractivity (Wildman–Crippen MR) is 138 cm³/mol. The Kier molecular flexibility index (Phi) is 6.19. The van der Waals surface area contributed by atoms with Gasteiger partial charge in [0.15, 0.2) is 0 Å². The third kappa shape index (κ3) is 4.28. The molecule has 3 fully saturated rings. The van der Waals surface area contributed by atoms with Crippen LogP contribution in [0.4, 0.5) is 10.2 Å². The molecule has 2 unspecified atom stereocenters. The van der Waals surface area contributed by atoms with Gasteiger partial charge in [0.2, 0.25) is 0 Å². The number of ether oxygens (including phenoxy) is 1. The maximum absolute atomic E-state index is 14.5. The third-order valence-corrected chi connectivity index (χ3v) is 8.65. The molecule has 3 aliphatic rings. The first-order valence-electron chi connectivity index (χ1n) is 12.4. The molecule has 1 saturated carbocycles. The van der Waals surface area contributed by atoms with Gasteiger partial charge in [-0.15, -0.1) is 0 Å². The highest BCUT2D eigenvalue weighted by Gasteiger charge is 2.46.